The van der Waals surface area contributed by atoms with E-state index in [1.54, 1.807) is 38.3 Å². The molecule has 0 bridgehead atoms. The molecule has 1 heterocycles. The molecule has 0 aliphatic heterocycles. The summed E-state index contributed by atoms with van der Waals surface area (Å²) in [5.74, 6) is -0.153. The highest BCUT2D eigenvalue weighted by atomic mass is 16.5. The Bertz CT molecular complexity index is 622. The highest BCUT2D eigenvalue weighted by Gasteiger charge is 2.20. The number of carbonyl (C=O) groups is 2. The van der Waals surface area contributed by atoms with Gasteiger partial charge in [-0.1, -0.05) is 0 Å². The van der Waals surface area contributed by atoms with Gasteiger partial charge in [-0.2, -0.15) is 0 Å². The number of benzene rings is 1. The average Bonchev–Trinajstić information content (AvgIpc) is 2.55. The van der Waals surface area contributed by atoms with Crippen LogP contribution in [-0.4, -0.2) is 30.0 Å². The van der Waals surface area contributed by atoms with Crippen molar-refractivity contribution in [3.63, 3.8) is 0 Å². The summed E-state index contributed by atoms with van der Waals surface area (Å²) in [6.07, 6.45) is 2.12. The Labute approximate surface area is 122 Å². The SMILES string of the molecule is COc1ccc(C(=O)[C@@H](C)OC(=O)c2ccncc2)cc1. The van der Waals surface area contributed by atoms with Crippen molar-refractivity contribution in [2.45, 2.75) is 13.0 Å². The molecule has 0 fully saturated rings. The van der Waals surface area contributed by atoms with Gasteiger partial charge < -0.3 is 9.47 Å². The standard InChI is InChI=1S/C16H15NO4/c1-11(21-16(19)13-7-9-17-10-8-13)15(18)12-3-5-14(20-2)6-4-12/h3-11H,1-2H3/t11-/m1/s1. The lowest BCUT2D eigenvalue weighted by molar-refractivity contribution is 0.0318. The minimum Gasteiger partial charge on any atom is -0.497 e. The monoisotopic (exact) mass is 285 g/mol. The topological polar surface area (TPSA) is 65.5 Å². The van der Waals surface area contributed by atoms with E-state index in [0.717, 1.165) is 0 Å². The van der Waals surface area contributed by atoms with E-state index in [1.165, 1.54) is 24.5 Å². The molecule has 0 aliphatic carbocycles. The lowest BCUT2D eigenvalue weighted by atomic mass is 10.1. The maximum absolute atomic E-state index is 12.2. The van der Waals surface area contributed by atoms with E-state index in [9.17, 15) is 9.59 Å². The first-order valence-corrected chi connectivity index (χ1v) is 6.41. The molecule has 1 aromatic heterocycles. The quantitative estimate of drug-likeness (QED) is 0.624. The average molecular weight is 285 g/mol. The highest BCUT2D eigenvalue weighted by molar-refractivity contribution is 6.01. The second kappa shape index (κ2) is 6.65. The Kier molecular flexibility index (Phi) is 4.66. The van der Waals surface area contributed by atoms with Crippen LogP contribution in [-0.2, 0) is 4.74 Å². The third-order valence-electron chi connectivity index (χ3n) is 2.94. The first-order chi connectivity index (χ1) is 10.1. The lowest BCUT2D eigenvalue weighted by Gasteiger charge is -2.12. The fourth-order valence-electron chi connectivity index (χ4n) is 1.76. The van der Waals surface area contributed by atoms with Crippen LogP contribution in [0.3, 0.4) is 0 Å². The summed E-state index contributed by atoms with van der Waals surface area (Å²) in [6, 6.07) is 9.71. The third kappa shape index (κ3) is 3.66. The summed E-state index contributed by atoms with van der Waals surface area (Å²) in [7, 11) is 1.55. The van der Waals surface area contributed by atoms with Crippen molar-refractivity contribution < 1.29 is 19.1 Å². The van der Waals surface area contributed by atoms with Crippen LogP contribution in [0, 0.1) is 0 Å². The van der Waals surface area contributed by atoms with E-state index >= 15 is 0 Å². The molecule has 108 valence electrons. The number of Topliss-reactive ketones (excluding diaryl/α,β-unsaturated/α-hetero) is 1. The molecule has 1 atom stereocenters. The molecule has 0 radical (unpaired) electrons. The van der Waals surface area contributed by atoms with Crippen molar-refractivity contribution in [1.82, 2.24) is 4.98 Å². The Morgan fingerprint density at radius 3 is 2.19 bits per heavy atom. The van der Waals surface area contributed by atoms with Gasteiger partial charge in [0.1, 0.15) is 5.75 Å². The van der Waals surface area contributed by atoms with Gasteiger partial charge in [-0.15, -0.1) is 0 Å². The summed E-state index contributed by atoms with van der Waals surface area (Å²) < 4.78 is 10.2. The number of pyridine rings is 1. The van der Waals surface area contributed by atoms with Gasteiger partial charge in [0.25, 0.3) is 0 Å². The van der Waals surface area contributed by atoms with Gasteiger partial charge in [0.15, 0.2) is 6.10 Å². The van der Waals surface area contributed by atoms with Gasteiger partial charge in [-0.3, -0.25) is 9.78 Å². The van der Waals surface area contributed by atoms with Crippen LogP contribution in [0.2, 0.25) is 0 Å². The van der Waals surface area contributed by atoms with Crippen molar-refractivity contribution in [1.29, 1.82) is 0 Å². The zero-order valence-corrected chi connectivity index (χ0v) is 11.8. The molecule has 0 amide bonds. The van der Waals surface area contributed by atoms with Crippen LogP contribution in [0.5, 0.6) is 5.75 Å². The Morgan fingerprint density at radius 2 is 1.62 bits per heavy atom. The van der Waals surface area contributed by atoms with Gasteiger partial charge in [0, 0.05) is 18.0 Å². The number of methoxy groups -OCH3 is 1. The lowest BCUT2D eigenvalue weighted by Crippen LogP contribution is -2.24. The molecule has 0 N–H and O–H groups in total. The van der Waals surface area contributed by atoms with Crippen molar-refractivity contribution in [2.75, 3.05) is 7.11 Å². The van der Waals surface area contributed by atoms with Crippen LogP contribution in [0.1, 0.15) is 27.6 Å². The minimum absolute atomic E-state index is 0.264. The summed E-state index contributed by atoms with van der Waals surface area (Å²) in [4.78, 5) is 27.9. The van der Waals surface area contributed by atoms with Crippen molar-refractivity contribution in [3.05, 3.63) is 59.9 Å². The predicted molar refractivity (Wildman–Crippen MR) is 76.4 cm³/mol. The number of nitrogens with zero attached hydrogens (tertiary/aromatic N) is 1. The van der Waals surface area contributed by atoms with E-state index in [-0.39, 0.29) is 5.78 Å². The Morgan fingerprint density at radius 1 is 1.00 bits per heavy atom. The number of hydrogen-bond donors (Lipinski definition) is 0. The molecule has 0 saturated carbocycles. The number of aromatic nitrogens is 1. The predicted octanol–water partition coefficient (Wildman–Crippen LogP) is 2.52. The smallest absolute Gasteiger partial charge is 0.338 e. The van der Waals surface area contributed by atoms with Crippen LogP contribution in [0.15, 0.2) is 48.8 Å². The molecule has 1 aromatic carbocycles. The molecule has 0 aliphatic rings. The zero-order valence-electron chi connectivity index (χ0n) is 11.8. The molecule has 21 heavy (non-hydrogen) atoms. The van der Waals surface area contributed by atoms with Crippen molar-refractivity contribution in [3.8, 4) is 5.75 Å². The van der Waals surface area contributed by atoms with Crippen LogP contribution in [0.4, 0.5) is 0 Å². The van der Waals surface area contributed by atoms with Gasteiger partial charge in [0.2, 0.25) is 5.78 Å². The molecule has 0 unspecified atom stereocenters. The number of esters is 1. The van der Waals surface area contributed by atoms with Gasteiger partial charge in [-0.25, -0.2) is 4.79 Å². The van der Waals surface area contributed by atoms with Gasteiger partial charge >= 0.3 is 5.97 Å². The van der Waals surface area contributed by atoms with Gasteiger partial charge in [0.05, 0.1) is 12.7 Å². The summed E-state index contributed by atoms with van der Waals surface area (Å²) >= 11 is 0. The fraction of sp³-hybridized carbons (Fsp3) is 0.188. The molecule has 5 nitrogen and oxygen atoms in total. The number of ether oxygens (including phenoxy) is 2. The Balaban J connectivity index is 2.03. The Hall–Kier alpha value is -2.69. The summed E-state index contributed by atoms with van der Waals surface area (Å²) in [5, 5.41) is 0. The van der Waals surface area contributed by atoms with Crippen LogP contribution in [0.25, 0.3) is 0 Å². The third-order valence-corrected chi connectivity index (χ3v) is 2.94. The molecule has 0 saturated heterocycles. The normalized spacial score (nSPS) is 11.5. The zero-order chi connectivity index (χ0) is 15.2. The van der Waals surface area contributed by atoms with E-state index in [0.29, 0.717) is 16.9 Å². The number of ketones is 1. The molecule has 5 heteroatoms. The summed E-state index contributed by atoms with van der Waals surface area (Å²) in [6.45, 7) is 1.55. The second-order valence-corrected chi connectivity index (χ2v) is 4.38. The summed E-state index contributed by atoms with van der Waals surface area (Å²) in [5.41, 5.74) is 0.824. The number of carbonyl (C=O) groups excluding carboxylic acids is 2. The van der Waals surface area contributed by atoms with Crippen LogP contribution < -0.4 is 4.74 Å². The maximum atomic E-state index is 12.2. The van der Waals surface area contributed by atoms with E-state index in [4.69, 9.17) is 9.47 Å². The van der Waals surface area contributed by atoms with Crippen molar-refractivity contribution in [2.24, 2.45) is 0 Å². The molecular weight excluding hydrogens is 270 g/mol. The van der Waals surface area contributed by atoms with Crippen molar-refractivity contribution >= 4 is 11.8 Å². The van der Waals surface area contributed by atoms with E-state index in [1.807, 2.05) is 0 Å². The van der Waals surface area contributed by atoms with E-state index < -0.39 is 12.1 Å². The second-order valence-electron chi connectivity index (χ2n) is 4.38. The molecule has 2 rings (SSSR count). The fourth-order valence-corrected chi connectivity index (χ4v) is 1.76. The largest absolute Gasteiger partial charge is 0.497 e. The number of rotatable bonds is 5. The first kappa shape index (κ1) is 14.7. The first-order valence-electron chi connectivity index (χ1n) is 6.41. The van der Waals surface area contributed by atoms with Crippen LogP contribution >= 0.6 is 0 Å². The minimum atomic E-state index is -0.862. The highest BCUT2D eigenvalue weighted by Crippen LogP contribution is 2.14. The maximum Gasteiger partial charge on any atom is 0.338 e. The van der Waals surface area contributed by atoms with E-state index in [2.05, 4.69) is 4.98 Å². The number of hydrogen-bond acceptors (Lipinski definition) is 5. The molecule has 2 aromatic rings. The molecule has 0 spiro atoms. The van der Waals surface area contributed by atoms with Gasteiger partial charge in [-0.05, 0) is 43.3 Å². The molecular formula is C16H15NO4.